The Kier molecular flexibility index (Phi) is 7.58. The summed E-state index contributed by atoms with van der Waals surface area (Å²) in [5, 5.41) is 10.8. The van der Waals surface area contributed by atoms with Crippen LogP contribution in [0.1, 0.15) is 53.0 Å². The quantitative estimate of drug-likeness (QED) is 0.334. The number of rotatable bonds is 5. The Balaban J connectivity index is 1.65. The lowest BCUT2D eigenvalue weighted by Crippen LogP contribution is -2.39. The number of ketones is 1. The van der Waals surface area contributed by atoms with Gasteiger partial charge in [0.15, 0.2) is 5.78 Å². The Morgan fingerprint density at radius 3 is 2.56 bits per heavy atom. The zero-order chi connectivity index (χ0) is 29.5. The minimum absolute atomic E-state index is 0.0139. The van der Waals surface area contributed by atoms with E-state index in [-0.39, 0.29) is 35.9 Å². The van der Waals surface area contributed by atoms with E-state index in [9.17, 15) is 23.2 Å². The van der Waals surface area contributed by atoms with Crippen molar-refractivity contribution in [1.82, 2.24) is 0 Å². The zero-order valence-electron chi connectivity index (χ0n) is 22.5. The van der Waals surface area contributed by atoms with Crippen molar-refractivity contribution in [3.8, 4) is 11.8 Å². The summed E-state index contributed by atoms with van der Waals surface area (Å²) >= 11 is 6.27. The number of carbonyl (C=O) groups excluding carboxylic acids is 1. The number of alkyl halides is 3. The van der Waals surface area contributed by atoms with Crippen LogP contribution >= 0.6 is 11.6 Å². The van der Waals surface area contributed by atoms with Crippen LogP contribution in [0.15, 0.2) is 83.3 Å². The molecule has 3 aromatic rings. The molecule has 0 amide bonds. The van der Waals surface area contributed by atoms with Crippen molar-refractivity contribution in [2.24, 2.45) is 5.73 Å². The number of allylic oxidation sites excluding steroid dienone is 3. The maximum atomic E-state index is 13.6. The molecule has 41 heavy (non-hydrogen) atoms. The van der Waals surface area contributed by atoms with Crippen molar-refractivity contribution >= 4 is 23.1 Å². The molecular formula is C32H27ClF3N3O2. The van der Waals surface area contributed by atoms with Crippen molar-refractivity contribution in [3.05, 3.63) is 116 Å². The summed E-state index contributed by atoms with van der Waals surface area (Å²) < 4.78 is 46.7. The van der Waals surface area contributed by atoms with Gasteiger partial charge >= 0.3 is 6.18 Å². The van der Waals surface area contributed by atoms with E-state index in [0.717, 1.165) is 34.4 Å². The molecule has 0 bridgehead atoms. The molecule has 0 saturated carbocycles. The van der Waals surface area contributed by atoms with E-state index in [1.54, 1.807) is 12.1 Å². The van der Waals surface area contributed by atoms with E-state index < -0.39 is 17.7 Å². The first kappa shape index (κ1) is 28.3. The van der Waals surface area contributed by atoms with Crippen molar-refractivity contribution < 1.29 is 22.7 Å². The van der Waals surface area contributed by atoms with Crippen LogP contribution in [0.25, 0.3) is 0 Å². The smallest absolute Gasteiger partial charge is 0.416 e. The topological polar surface area (TPSA) is 79.3 Å². The van der Waals surface area contributed by atoms with E-state index in [2.05, 4.69) is 6.07 Å². The van der Waals surface area contributed by atoms with Gasteiger partial charge in [-0.1, -0.05) is 47.5 Å². The lowest BCUT2D eigenvalue weighted by molar-refractivity contribution is -0.137. The number of ether oxygens (including phenoxy) is 1. The molecular weight excluding hydrogens is 551 g/mol. The molecule has 2 N–H and O–H groups in total. The number of nitrogens with zero attached hydrogens (tertiary/aromatic N) is 2. The van der Waals surface area contributed by atoms with Crippen LogP contribution < -0.4 is 15.4 Å². The molecule has 2 aliphatic rings. The van der Waals surface area contributed by atoms with Gasteiger partial charge in [-0.3, -0.25) is 9.69 Å². The maximum absolute atomic E-state index is 13.6. The van der Waals surface area contributed by atoms with Gasteiger partial charge in [-0.2, -0.15) is 18.4 Å². The molecule has 9 heteroatoms. The molecule has 0 radical (unpaired) electrons. The van der Waals surface area contributed by atoms with E-state index in [0.29, 0.717) is 34.9 Å². The monoisotopic (exact) mass is 577 g/mol. The molecule has 0 aromatic heterocycles. The van der Waals surface area contributed by atoms with Gasteiger partial charge in [-0.15, -0.1) is 0 Å². The molecule has 1 atom stereocenters. The van der Waals surface area contributed by atoms with Gasteiger partial charge in [-0.05, 0) is 73.7 Å². The lowest BCUT2D eigenvalue weighted by atomic mass is 9.73. The summed E-state index contributed by atoms with van der Waals surface area (Å²) in [5.41, 5.74) is 10.2. The molecule has 5 rings (SSSR count). The highest BCUT2D eigenvalue weighted by atomic mass is 35.5. The van der Waals surface area contributed by atoms with Gasteiger partial charge < -0.3 is 10.5 Å². The molecule has 1 aliphatic heterocycles. The molecule has 0 saturated heterocycles. The van der Waals surface area contributed by atoms with Crippen molar-refractivity contribution in [1.29, 1.82) is 5.26 Å². The van der Waals surface area contributed by atoms with Crippen molar-refractivity contribution in [2.45, 2.75) is 51.8 Å². The summed E-state index contributed by atoms with van der Waals surface area (Å²) in [6.07, 6.45) is -3.33. The minimum Gasteiger partial charge on any atom is -0.487 e. The number of hydrogen-bond donors (Lipinski definition) is 1. The number of benzene rings is 3. The second-order valence-electron chi connectivity index (χ2n) is 10.2. The Labute approximate surface area is 241 Å². The normalized spacial score (nSPS) is 17.4. The summed E-state index contributed by atoms with van der Waals surface area (Å²) in [7, 11) is 0. The van der Waals surface area contributed by atoms with Gasteiger partial charge in [-0.25, -0.2) is 0 Å². The molecule has 0 spiro atoms. The Bertz CT molecular complexity index is 1650. The van der Waals surface area contributed by atoms with Crippen LogP contribution in [-0.4, -0.2) is 5.78 Å². The molecule has 1 aliphatic carbocycles. The Hall–Kier alpha value is -4.22. The average Bonchev–Trinajstić information content (AvgIpc) is 2.93. The largest absolute Gasteiger partial charge is 0.487 e. The second-order valence-corrected chi connectivity index (χ2v) is 10.6. The third-order valence-electron chi connectivity index (χ3n) is 7.58. The van der Waals surface area contributed by atoms with Crippen molar-refractivity contribution in [3.63, 3.8) is 0 Å². The molecule has 1 unspecified atom stereocenters. The first-order valence-electron chi connectivity index (χ1n) is 13.1. The first-order valence-corrected chi connectivity index (χ1v) is 13.5. The summed E-state index contributed by atoms with van der Waals surface area (Å²) in [5.74, 6) is -0.368. The number of aryl methyl sites for hydroxylation is 1. The summed E-state index contributed by atoms with van der Waals surface area (Å²) in [6, 6.07) is 18.0. The number of hydrogen-bond acceptors (Lipinski definition) is 5. The fraction of sp³-hybridized carbons (Fsp3) is 0.250. The minimum atomic E-state index is -4.56. The third-order valence-corrected chi connectivity index (χ3v) is 7.89. The van der Waals surface area contributed by atoms with Crippen LogP contribution in [0, 0.1) is 25.2 Å². The van der Waals surface area contributed by atoms with Gasteiger partial charge in [0.1, 0.15) is 18.2 Å². The fourth-order valence-corrected chi connectivity index (χ4v) is 5.83. The second kappa shape index (κ2) is 11.0. The number of anilines is 1. The van der Waals surface area contributed by atoms with Crippen LogP contribution in [0.2, 0.25) is 5.02 Å². The van der Waals surface area contributed by atoms with Crippen LogP contribution in [-0.2, 0) is 17.6 Å². The van der Waals surface area contributed by atoms with E-state index in [4.69, 9.17) is 22.1 Å². The first-order chi connectivity index (χ1) is 19.5. The summed E-state index contributed by atoms with van der Waals surface area (Å²) in [6.45, 7) is 4.02. The highest BCUT2D eigenvalue weighted by Gasteiger charge is 2.41. The predicted octanol–water partition coefficient (Wildman–Crippen LogP) is 7.86. The van der Waals surface area contributed by atoms with Crippen LogP contribution in [0.4, 0.5) is 18.9 Å². The molecule has 3 aromatic carbocycles. The Morgan fingerprint density at radius 2 is 1.85 bits per heavy atom. The van der Waals surface area contributed by atoms with Gasteiger partial charge in [0.25, 0.3) is 0 Å². The van der Waals surface area contributed by atoms with Gasteiger partial charge in [0.05, 0.1) is 28.1 Å². The number of para-hydroxylation sites is 1. The fourth-order valence-electron chi connectivity index (χ4n) is 5.64. The molecule has 210 valence electrons. The number of Topliss-reactive ketones (excluding diaryl/α,β-unsaturated/α-hetero) is 1. The molecule has 5 nitrogen and oxygen atoms in total. The zero-order valence-corrected chi connectivity index (χ0v) is 23.2. The number of nitriles is 1. The number of nitrogens with two attached hydrogens (primary N) is 1. The standard InChI is InChI=1S/C32H27ClF3N3O2/c1-18-13-20(17-41-28-12-4-3-9-25(28)33)19(2)23(14-18)29-24(16-37)31(38)39(26-10-6-11-27(40)30(26)29)22-8-5-7-21(15-22)32(34,35)36/h3-5,7-9,12-15,29H,6,10-11,17,38H2,1-2H3. The molecule has 1 heterocycles. The van der Waals surface area contributed by atoms with Crippen LogP contribution in [0.5, 0.6) is 5.75 Å². The highest BCUT2D eigenvalue weighted by molar-refractivity contribution is 6.32. The Morgan fingerprint density at radius 1 is 1.10 bits per heavy atom. The van der Waals surface area contributed by atoms with E-state index in [1.165, 1.54) is 17.0 Å². The lowest BCUT2D eigenvalue weighted by Gasteiger charge is -2.40. The predicted molar refractivity (Wildman–Crippen MR) is 151 cm³/mol. The van der Waals surface area contributed by atoms with Crippen molar-refractivity contribution in [2.75, 3.05) is 4.90 Å². The molecule has 0 fully saturated rings. The van der Waals surface area contributed by atoms with Gasteiger partial charge in [0, 0.05) is 23.4 Å². The average molecular weight is 578 g/mol. The van der Waals surface area contributed by atoms with E-state index >= 15 is 0 Å². The number of carbonyl (C=O) groups is 1. The SMILES string of the molecule is Cc1cc(COc2ccccc2Cl)c(C)c(C2C(C#N)=C(N)N(c3cccc(C(F)(F)F)c3)C3=C2C(=O)CCC3)c1. The van der Waals surface area contributed by atoms with Gasteiger partial charge in [0.2, 0.25) is 0 Å². The third kappa shape index (κ3) is 5.30. The number of halogens is 4. The summed E-state index contributed by atoms with van der Waals surface area (Å²) in [4.78, 5) is 15.0. The van der Waals surface area contributed by atoms with E-state index in [1.807, 2.05) is 38.1 Å². The van der Waals surface area contributed by atoms with Crippen LogP contribution in [0.3, 0.4) is 0 Å². The maximum Gasteiger partial charge on any atom is 0.416 e. The highest BCUT2D eigenvalue weighted by Crippen LogP contribution is 2.48.